The van der Waals surface area contributed by atoms with Gasteiger partial charge in [-0.1, -0.05) is 24.3 Å². The summed E-state index contributed by atoms with van der Waals surface area (Å²) in [6, 6.07) is 21.0. The van der Waals surface area contributed by atoms with Crippen LogP contribution in [0, 0.1) is 7.14 Å². The van der Waals surface area contributed by atoms with Crippen LogP contribution in [0.25, 0.3) is 43.9 Å². The zero-order chi connectivity index (χ0) is 27.5. The van der Waals surface area contributed by atoms with E-state index in [-0.39, 0.29) is 39.9 Å². The topological polar surface area (TPSA) is 104 Å². The molecule has 2 heterocycles. The fourth-order valence-electron chi connectivity index (χ4n) is 4.08. The lowest BCUT2D eigenvalue weighted by Crippen LogP contribution is -3.85. The number of halogens is 4. The van der Waals surface area contributed by atoms with Crippen molar-refractivity contribution in [2.45, 2.75) is 5.51 Å². The highest BCUT2D eigenvalue weighted by Gasteiger charge is 2.54. The second-order valence-corrected chi connectivity index (χ2v) is 14.8. The van der Waals surface area contributed by atoms with E-state index in [1.54, 1.807) is 48.5 Å². The van der Waals surface area contributed by atoms with Crippen molar-refractivity contribution in [3.8, 4) is 0 Å². The van der Waals surface area contributed by atoms with Crippen molar-refractivity contribution in [1.29, 1.82) is 0 Å². The van der Waals surface area contributed by atoms with Gasteiger partial charge >= 0.3 is 35.9 Å². The van der Waals surface area contributed by atoms with E-state index >= 15 is 0 Å². The number of para-hydroxylation sites is 2. The van der Waals surface area contributed by atoms with Crippen LogP contribution in [0.5, 0.6) is 0 Å². The van der Waals surface area contributed by atoms with Gasteiger partial charge in [0.2, 0.25) is 10.9 Å². The Morgan fingerprint density at radius 3 is 1.46 bits per heavy atom. The van der Waals surface area contributed by atoms with E-state index in [4.69, 9.17) is 11.3 Å². The number of rotatable bonds is 4. The minimum atomic E-state index is -6.02. The van der Waals surface area contributed by atoms with Crippen molar-refractivity contribution in [1.82, 2.24) is 0 Å². The first kappa shape index (κ1) is 25.5. The summed E-state index contributed by atoms with van der Waals surface area (Å²) in [7, 11) is -6.02. The molecule has 39 heavy (non-hydrogen) atoms. The summed E-state index contributed by atoms with van der Waals surface area (Å²) in [5, 5.41) is 0.601. The Morgan fingerprint density at radius 2 is 1.03 bits per heavy atom. The molecule has 1 radical (unpaired) electrons. The van der Waals surface area contributed by atoms with E-state index in [9.17, 15) is 31.2 Å². The van der Waals surface area contributed by atoms with Crippen LogP contribution in [-0.2, 0) is 12.6 Å². The molecule has 0 unspecified atom stereocenters. The fourth-order valence-corrected chi connectivity index (χ4v) is 10.7. The molecule has 6 aromatic rings. The van der Waals surface area contributed by atoms with Crippen molar-refractivity contribution in [2.24, 2.45) is 0 Å². The lowest BCUT2D eigenvalue weighted by Gasteiger charge is -2.09. The van der Waals surface area contributed by atoms with Gasteiger partial charge in [0.05, 0.1) is 21.5 Å². The third-order valence-corrected chi connectivity index (χ3v) is 12.9. The molecule has 12 heteroatoms. The molecule has 7 nitrogen and oxygen atoms in total. The van der Waals surface area contributed by atoms with Crippen LogP contribution in [0.4, 0.5) is 13.2 Å². The van der Waals surface area contributed by atoms with Crippen LogP contribution in [0.2, 0.25) is 0 Å². The number of alkyl halides is 3. The molecular formula is C27H14F3IO7S+. The zero-order valence-corrected chi connectivity index (χ0v) is 22.3. The molecule has 0 saturated carbocycles. The number of hydrogen-bond acceptors (Lipinski definition) is 7. The minimum absolute atomic E-state index is 0.0489. The van der Waals surface area contributed by atoms with Gasteiger partial charge in [-0.3, -0.25) is 9.59 Å². The quantitative estimate of drug-likeness (QED) is 0.162. The van der Waals surface area contributed by atoms with Gasteiger partial charge in [-0.25, -0.2) is 0 Å². The molecule has 2 aromatic heterocycles. The average Bonchev–Trinajstić information content (AvgIpc) is 2.91. The third-order valence-electron chi connectivity index (χ3n) is 5.90. The number of fused-ring (bicyclic) bond motifs is 4. The van der Waals surface area contributed by atoms with E-state index in [1.165, 1.54) is 36.4 Å². The second-order valence-electron chi connectivity index (χ2n) is 8.35. The lowest BCUT2D eigenvalue weighted by atomic mass is 10.1. The minimum Gasteiger partial charge on any atom is -0.456 e. The first-order valence-electron chi connectivity index (χ1n) is 11.2. The van der Waals surface area contributed by atoms with E-state index in [0.29, 0.717) is 11.2 Å². The Bertz CT molecular complexity index is 2040. The summed E-state index contributed by atoms with van der Waals surface area (Å²) in [5.74, 6) is 0. The summed E-state index contributed by atoms with van der Waals surface area (Å²) >= 11 is -3.96. The van der Waals surface area contributed by atoms with Crippen molar-refractivity contribution >= 4 is 54.0 Å². The maximum absolute atomic E-state index is 13.4. The van der Waals surface area contributed by atoms with Crippen LogP contribution < -0.4 is 31.1 Å². The largest absolute Gasteiger partial charge is 0.526 e. The van der Waals surface area contributed by atoms with Crippen molar-refractivity contribution in [2.75, 3.05) is 0 Å². The molecule has 0 aliphatic carbocycles. The molecule has 197 valence electrons. The molecule has 0 saturated heterocycles. The molecule has 0 atom stereocenters. The smallest absolute Gasteiger partial charge is 0.456 e. The van der Waals surface area contributed by atoms with Crippen molar-refractivity contribution in [3.05, 3.63) is 113 Å². The van der Waals surface area contributed by atoms with Gasteiger partial charge in [0.15, 0.2) is 7.14 Å². The normalized spacial score (nSPS) is 12.7. The molecule has 0 amide bonds. The monoisotopic (exact) mass is 666 g/mol. The first-order valence-corrected chi connectivity index (χ1v) is 15.6. The van der Waals surface area contributed by atoms with Crippen molar-refractivity contribution < 1.29 is 53.2 Å². The molecule has 6 rings (SSSR count). The summed E-state index contributed by atoms with van der Waals surface area (Å²) < 4.78 is 81.0. The average molecular weight is 666 g/mol. The summed E-state index contributed by atoms with van der Waals surface area (Å²) in [6.07, 6.45) is 0. The summed E-state index contributed by atoms with van der Waals surface area (Å²) in [5.41, 5.74) is -5.57. The Kier molecular flexibility index (Phi) is 6.00. The zero-order valence-electron chi connectivity index (χ0n) is 19.4. The van der Waals surface area contributed by atoms with E-state index < -0.39 is 46.7 Å². The molecule has 0 fully saturated rings. The predicted molar refractivity (Wildman–Crippen MR) is 133 cm³/mol. The van der Waals surface area contributed by atoms with Gasteiger partial charge in [-0.15, -0.1) is 0 Å². The van der Waals surface area contributed by atoms with E-state index in [0.717, 1.165) is 0 Å². The van der Waals surface area contributed by atoms with E-state index in [1.807, 2.05) is 0 Å². The lowest BCUT2D eigenvalue weighted by molar-refractivity contribution is -1.03. The van der Waals surface area contributed by atoms with Crippen LogP contribution in [0.3, 0.4) is 0 Å². The molecule has 0 aliphatic rings. The van der Waals surface area contributed by atoms with Gasteiger partial charge in [-0.2, -0.15) is 21.6 Å². The standard InChI is InChI=1S/C27H14F3IO7S/c28-27(29,30)39(34,35)38-31(15-9-11-23-19(13-15)25(32)17-5-1-3-7-21(17)36-23)16-10-12-24-20(14-16)26(33)18-6-2-4-8-22(18)37-24/h1-14H/q+1. The maximum Gasteiger partial charge on any atom is 0.526 e. The van der Waals surface area contributed by atoms with Gasteiger partial charge in [0.1, 0.15) is 22.3 Å². The number of hydrogen-bond donors (Lipinski definition) is 0. The molecule has 0 aliphatic heterocycles. The third kappa shape index (κ3) is 4.37. The molecule has 4 aromatic carbocycles. The predicted octanol–water partition coefficient (Wildman–Crippen LogP) is 2.65. The van der Waals surface area contributed by atoms with Crippen LogP contribution >= 0.6 is 0 Å². The highest BCUT2D eigenvalue weighted by atomic mass is 127. The molecule has 0 bridgehead atoms. The van der Waals surface area contributed by atoms with Crippen LogP contribution in [-0.4, -0.2) is 13.9 Å². The number of benzene rings is 4. The van der Waals surface area contributed by atoms with E-state index in [2.05, 4.69) is 0 Å². The molecular weight excluding hydrogens is 652 g/mol. The SMILES string of the molecule is O=c1c2ccccc2oc2ccc([I+](OS(=O)(=O)C(F)(F)F)c3ccc4oc5ccccc5c(=O)c4c3)cc12. The fraction of sp³-hybridized carbons (Fsp3) is 0.0370. The van der Waals surface area contributed by atoms with Gasteiger partial charge in [-0.05, 0) is 51.0 Å². The summed E-state index contributed by atoms with van der Waals surface area (Å²) in [6.45, 7) is 0. The summed E-state index contributed by atoms with van der Waals surface area (Å²) in [4.78, 5) is 26.3. The molecule has 0 spiro atoms. The van der Waals surface area contributed by atoms with Crippen molar-refractivity contribution in [3.63, 3.8) is 0 Å². The molecule has 0 N–H and O–H groups in total. The van der Waals surface area contributed by atoms with Gasteiger partial charge in [0.25, 0.3) is 0 Å². The maximum atomic E-state index is 13.4. The van der Waals surface area contributed by atoms with Gasteiger partial charge < -0.3 is 8.83 Å². The Hall–Kier alpha value is -3.75. The first-order chi connectivity index (χ1) is 18.5. The highest BCUT2D eigenvalue weighted by Crippen LogP contribution is 2.23. The Labute approximate surface area is 224 Å². The Balaban J connectivity index is 1.59. The van der Waals surface area contributed by atoms with Crippen LogP contribution in [0.1, 0.15) is 0 Å². The highest BCUT2D eigenvalue weighted by molar-refractivity contribution is 7.87. The van der Waals surface area contributed by atoms with Gasteiger partial charge in [0, 0.05) is 12.1 Å². The van der Waals surface area contributed by atoms with Crippen LogP contribution in [0.15, 0.2) is 103 Å². The Morgan fingerprint density at radius 1 is 0.615 bits per heavy atom. The second kappa shape index (κ2) is 9.17.